The van der Waals surface area contributed by atoms with Gasteiger partial charge in [0.05, 0.1) is 5.92 Å². The standard InChI is InChI=1S/C13H25N3O/c1-3-16(11-4-5-11)7-6-15-13(17)12-9-14-8-10(12)2/h10-12,14H,3-9H2,1-2H3,(H,15,17). The summed E-state index contributed by atoms with van der Waals surface area (Å²) in [6.07, 6.45) is 2.68. The van der Waals surface area contributed by atoms with Crippen molar-refractivity contribution in [1.29, 1.82) is 0 Å². The van der Waals surface area contributed by atoms with Gasteiger partial charge in [-0.25, -0.2) is 0 Å². The van der Waals surface area contributed by atoms with Crippen molar-refractivity contribution < 1.29 is 4.79 Å². The highest BCUT2D eigenvalue weighted by Crippen LogP contribution is 2.25. The number of nitrogens with zero attached hydrogens (tertiary/aromatic N) is 1. The van der Waals surface area contributed by atoms with Crippen LogP contribution in [0.15, 0.2) is 0 Å². The number of carbonyl (C=O) groups excluding carboxylic acids is 1. The first-order chi connectivity index (χ1) is 8.22. The molecule has 0 spiro atoms. The van der Waals surface area contributed by atoms with E-state index in [1.807, 2.05) is 0 Å². The Hall–Kier alpha value is -0.610. The molecule has 0 radical (unpaired) electrons. The fraction of sp³-hybridized carbons (Fsp3) is 0.923. The Balaban J connectivity index is 1.65. The Bertz CT molecular complexity index is 265. The third-order valence-corrected chi connectivity index (χ3v) is 4.02. The second kappa shape index (κ2) is 5.83. The lowest BCUT2D eigenvalue weighted by Gasteiger charge is -2.21. The summed E-state index contributed by atoms with van der Waals surface area (Å²) in [6, 6.07) is 0.795. The molecule has 0 bridgehead atoms. The predicted octanol–water partition coefficient (Wildman–Crippen LogP) is 0.442. The predicted molar refractivity (Wildman–Crippen MR) is 68.8 cm³/mol. The minimum atomic E-state index is 0.172. The lowest BCUT2D eigenvalue weighted by molar-refractivity contribution is -0.125. The molecule has 1 aliphatic carbocycles. The number of rotatable bonds is 6. The van der Waals surface area contributed by atoms with Gasteiger partial charge in [0.2, 0.25) is 5.91 Å². The summed E-state index contributed by atoms with van der Waals surface area (Å²) >= 11 is 0. The summed E-state index contributed by atoms with van der Waals surface area (Å²) in [5, 5.41) is 6.35. The van der Waals surface area contributed by atoms with Crippen molar-refractivity contribution in [2.75, 3.05) is 32.7 Å². The maximum atomic E-state index is 11.9. The molecular formula is C13H25N3O. The molecule has 2 rings (SSSR count). The topological polar surface area (TPSA) is 44.4 Å². The number of hydrogen-bond donors (Lipinski definition) is 2. The largest absolute Gasteiger partial charge is 0.355 e. The summed E-state index contributed by atoms with van der Waals surface area (Å²) < 4.78 is 0. The summed E-state index contributed by atoms with van der Waals surface area (Å²) in [4.78, 5) is 14.4. The van der Waals surface area contributed by atoms with Gasteiger partial charge in [0.1, 0.15) is 0 Å². The molecule has 2 atom stereocenters. The van der Waals surface area contributed by atoms with Gasteiger partial charge in [-0.05, 0) is 31.8 Å². The van der Waals surface area contributed by atoms with Gasteiger partial charge in [-0.3, -0.25) is 9.69 Å². The summed E-state index contributed by atoms with van der Waals surface area (Å²) in [7, 11) is 0. The zero-order chi connectivity index (χ0) is 12.3. The Morgan fingerprint density at radius 2 is 2.18 bits per heavy atom. The molecule has 4 heteroatoms. The smallest absolute Gasteiger partial charge is 0.224 e. The van der Waals surface area contributed by atoms with Gasteiger partial charge in [-0.2, -0.15) is 0 Å². The molecule has 2 aliphatic rings. The Kier molecular flexibility index (Phi) is 4.40. The number of nitrogens with one attached hydrogen (secondary N) is 2. The molecule has 2 N–H and O–H groups in total. The van der Waals surface area contributed by atoms with Crippen molar-refractivity contribution in [2.24, 2.45) is 11.8 Å². The van der Waals surface area contributed by atoms with Gasteiger partial charge in [0.15, 0.2) is 0 Å². The van der Waals surface area contributed by atoms with Crippen molar-refractivity contribution in [3.8, 4) is 0 Å². The van der Waals surface area contributed by atoms with Gasteiger partial charge in [0, 0.05) is 25.7 Å². The van der Waals surface area contributed by atoms with E-state index < -0.39 is 0 Å². The van der Waals surface area contributed by atoms with E-state index in [1.54, 1.807) is 0 Å². The van der Waals surface area contributed by atoms with Crippen LogP contribution in [0.25, 0.3) is 0 Å². The number of carbonyl (C=O) groups is 1. The fourth-order valence-corrected chi connectivity index (χ4v) is 2.65. The van der Waals surface area contributed by atoms with Crippen molar-refractivity contribution in [2.45, 2.75) is 32.7 Å². The lowest BCUT2D eigenvalue weighted by atomic mass is 9.97. The van der Waals surface area contributed by atoms with E-state index in [-0.39, 0.29) is 11.8 Å². The van der Waals surface area contributed by atoms with Crippen LogP contribution in [0.1, 0.15) is 26.7 Å². The van der Waals surface area contributed by atoms with E-state index >= 15 is 0 Å². The zero-order valence-electron chi connectivity index (χ0n) is 11.0. The maximum absolute atomic E-state index is 11.9. The Labute approximate surface area is 104 Å². The Morgan fingerprint density at radius 3 is 2.71 bits per heavy atom. The van der Waals surface area contributed by atoms with E-state index in [0.29, 0.717) is 5.92 Å². The molecule has 0 aromatic carbocycles. The third-order valence-electron chi connectivity index (χ3n) is 4.02. The molecule has 1 saturated carbocycles. The Morgan fingerprint density at radius 1 is 1.41 bits per heavy atom. The molecule has 98 valence electrons. The van der Waals surface area contributed by atoms with Crippen LogP contribution < -0.4 is 10.6 Å². The molecule has 4 nitrogen and oxygen atoms in total. The van der Waals surface area contributed by atoms with Gasteiger partial charge in [-0.15, -0.1) is 0 Å². The summed E-state index contributed by atoms with van der Waals surface area (Å²) in [6.45, 7) is 9.06. The SMILES string of the molecule is CCN(CCNC(=O)C1CNCC1C)C1CC1. The third kappa shape index (κ3) is 3.42. The molecule has 2 fully saturated rings. The number of hydrogen-bond acceptors (Lipinski definition) is 3. The minimum Gasteiger partial charge on any atom is -0.355 e. The molecule has 1 heterocycles. The fourth-order valence-electron chi connectivity index (χ4n) is 2.65. The molecule has 17 heavy (non-hydrogen) atoms. The highest BCUT2D eigenvalue weighted by atomic mass is 16.1. The second-order valence-corrected chi connectivity index (χ2v) is 5.39. The van der Waals surface area contributed by atoms with Crippen LogP contribution in [0, 0.1) is 11.8 Å². The molecule has 0 aromatic rings. The highest BCUT2D eigenvalue weighted by molar-refractivity contribution is 5.79. The van der Waals surface area contributed by atoms with E-state index in [1.165, 1.54) is 12.8 Å². The number of likely N-dealkylation sites (N-methyl/N-ethyl adjacent to an activating group) is 1. The first-order valence-corrected chi connectivity index (χ1v) is 6.94. The average Bonchev–Trinajstić information content (AvgIpc) is 3.06. The molecule has 2 unspecified atom stereocenters. The van der Waals surface area contributed by atoms with Crippen LogP contribution in [0.3, 0.4) is 0 Å². The first kappa shape index (κ1) is 12.8. The molecule has 1 amide bonds. The average molecular weight is 239 g/mol. The van der Waals surface area contributed by atoms with Crippen LogP contribution >= 0.6 is 0 Å². The first-order valence-electron chi connectivity index (χ1n) is 6.94. The van der Waals surface area contributed by atoms with Crippen molar-refractivity contribution in [3.63, 3.8) is 0 Å². The second-order valence-electron chi connectivity index (χ2n) is 5.39. The van der Waals surface area contributed by atoms with Crippen molar-refractivity contribution in [1.82, 2.24) is 15.5 Å². The van der Waals surface area contributed by atoms with E-state index in [4.69, 9.17) is 0 Å². The van der Waals surface area contributed by atoms with E-state index in [2.05, 4.69) is 29.4 Å². The van der Waals surface area contributed by atoms with Crippen LogP contribution in [0.2, 0.25) is 0 Å². The van der Waals surface area contributed by atoms with Crippen LogP contribution in [0.5, 0.6) is 0 Å². The zero-order valence-corrected chi connectivity index (χ0v) is 11.0. The van der Waals surface area contributed by atoms with Crippen LogP contribution in [-0.2, 0) is 4.79 Å². The molecular weight excluding hydrogens is 214 g/mol. The van der Waals surface area contributed by atoms with Gasteiger partial charge in [-0.1, -0.05) is 13.8 Å². The molecule has 1 saturated heterocycles. The maximum Gasteiger partial charge on any atom is 0.224 e. The number of amides is 1. The lowest BCUT2D eigenvalue weighted by Crippen LogP contribution is -2.40. The van der Waals surface area contributed by atoms with Gasteiger partial charge < -0.3 is 10.6 Å². The highest BCUT2D eigenvalue weighted by Gasteiger charge is 2.30. The van der Waals surface area contributed by atoms with Gasteiger partial charge in [0.25, 0.3) is 0 Å². The minimum absolute atomic E-state index is 0.172. The van der Waals surface area contributed by atoms with Crippen LogP contribution in [-0.4, -0.2) is 49.6 Å². The molecule has 0 aromatic heterocycles. The summed E-state index contributed by atoms with van der Waals surface area (Å²) in [5.41, 5.74) is 0. The monoisotopic (exact) mass is 239 g/mol. The molecule has 1 aliphatic heterocycles. The van der Waals surface area contributed by atoms with Crippen molar-refractivity contribution >= 4 is 5.91 Å². The van der Waals surface area contributed by atoms with E-state index in [9.17, 15) is 4.79 Å². The summed E-state index contributed by atoms with van der Waals surface area (Å²) in [5.74, 6) is 0.876. The van der Waals surface area contributed by atoms with Gasteiger partial charge >= 0.3 is 0 Å². The van der Waals surface area contributed by atoms with Crippen molar-refractivity contribution in [3.05, 3.63) is 0 Å². The normalized spacial score (nSPS) is 28.6. The van der Waals surface area contributed by atoms with Crippen LogP contribution in [0.4, 0.5) is 0 Å². The quantitative estimate of drug-likeness (QED) is 0.707. The van der Waals surface area contributed by atoms with E-state index in [0.717, 1.165) is 38.8 Å².